The Morgan fingerprint density at radius 2 is 1.47 bits per heavy atom. The minimum absolute atomic E-state index is 0.177. The van der Waals surface area contributed by atoms with E-state index in [4.69, 9.17) is 0 Å². The third kappa shape index (κ3) is 5.56. The van der Waals surface area contributed by atoms with Crippen molar-refractivity contribution < 1.29 is 4.79 Å². The van der Waals surface area contributed by atoms with Crippen LogP contribution in [0.3, 0.4) is 0 Å². The van der Waals surface area contributed by atoms with Gasteiger partial charge in [-0.15, -0.1) is 0 Å². The fourth-order valence-corrected chi connectivity index (χ4v) is 4.74. The van der Waals surface area contributed by atoms with Crippen LogP contribution in [0.25, 0.3) is 17.7 Å². The molecule has 4 rings (SSSR count). The minimum atomic E-state index is 0.177. The second-order valence-electron chi connectivity index (χ2n) is 8.74. The van der Waals surface area contributed by atoms with E-state index in [2.05, 4.69) is 76.2 Å². The van der Waals surface area contributed by atoms with E-state index in [-0.39, 0.29) is 5.91 Å². The first kappa shape index (κ1) is 22.5. The lowest BCUT2D eigenvalue weighted by molar-refractivity contribution is -0.121. The molecule has 2 aromatic carbocycles. The largest absolute Gasteiger partial charge is 0.356 e. The number of benzene rings is 2. The molecule has 4 nitrogen and oxygen atoms in total. The van der Waals surface area contributed by atoms with Gasteiger partial charge in [0, 0.05) is 32.6 Å². The molecule has 4 heteroatoms. The van der Waals surface area contributed by atoms with Gasteiger partial charge in [-0.25, -0.2) is 0 Å². The number of amides is 1. The molecular weight excluding hydrogens is 394 g/mol. The van der Waals surface area contributed by atoms with Crippen molar-refractivity contribution in [1.82, 2.24) is 15.5 Å². The van der Waals surface area contributed by atoms with E-state index in [1.807, 2.05) is 7.05 Å². The summed E-state index contributed by atoms with van der Waals surface area (Å²) in [5, 5.41) is 6.20. The fourth-order valence-electron chi connectivity index (χ4n) is 4.74. The first-order valence-electron chi connectivity index (χ1n) is 12.0. The van der Waals surface area contributed by atoms with E-state index in [9.17, 15) is 4.79 Å². The highest BCUT2D eigenvalue weighted by Gasteiger charge is 2.22. The van der Waals surface area contributed by atoms with Gasteiger partial charge >= 0.3 is 0 Å². The Hall–Kier alpha value is -2.69. The topological polar surface area (TPSA) is 44.4 Å². The zero-order valence-corrected chi connectivity index (χ0v) is 19.2. The number of piperidine rings is 1. The van der Waals surface area contributed by atoms with Crippen LogP contribution in [0.5, 0.6) is 0 Å². The Morgan fingerprint density at radius 3 is 2.09 bits per heavy atom. The molecule has 168 valence electrons. The molecule has 0 aromatic heterocycles. The Balaban J connectivity index is 1.39. The lowest BCUT2D eigenvalue weighted by Crippen LogP contribution is -2.35. The van der Waals surface area contributed by atoms with Crippen molar-refractivity contribution in [2.45, 2.75) is 32.1 Å². The van der Waals surface area contributed by atoms with Crippen LogP contribution in [0.2, 0.25) is 0 Å². The van der Waals surface area contributed by atoms with Gasteiger partial charge in [0.2, 0.25) is 5.91 Å². The molecule has 1 aliphatic carbocycles. The number of likely N-dealkylation sites (tertiary alicyclic amines) is 1. The van der Waals surface area contributed by atoms with Gasteiger partial charge in [-0.1, -0.05) is 66.3 Å². The molecule has 1 amide bonds. The second kappa shape index (κ2) is 11.3. The maximum atomic E-state index is 12.2. The zero-order valence-electron chi connectivity index (χ0n) is 19.2. The fraction of sp³-hybridized carbons (Fsp3) is 0.393. The molecular formula is C28H35N3O. The number of nitrogens with zero attached hydrogens (tertiary/aromatic N) is 1. The molecule has 0 radical (unpaired) electrons. The molecule has 1 heterocycles. The van der Waals surface area contributed by atoms with E-state index in [0.717, 1.165) is 58.4 Å². The van der Waals surface area contributed by atoms with Gasteiger partial charge < -0.3 is 15.5 Å². The standard InChI is InChI=1S/C28H35N3O/c1-29-17-6-7-18-30-27(32)16-21-31-19-14-24(15-20-31)28-25-10-4-2-8-22(25)12-13-23-9-3-5-11-26(23)28/h2-5,8-13,29H,6-7,14-21H2,1H3,(H,30,32). The molecule has 1 saturated heterocycles. The van der Waals surface area contributed by atoms with Crippen molar-refractivity contribution in [2.75, 3.05) is 39.8 Å². The molecule has 2 aromatic rings. The highest BCUT2D eigenvalue weighted by Crippen LogP contribution is 2.38. The Labute approximate surface area is 192 Å². The summed E-state index contributed by atoms with van der Waals surface area (Å²) in [6.07, 6.45) is 9.33. The number of nitrogens with one attached hydrogen (secondary N) is 2. The monoisotopic (exact) mass is 429 g/mol. The lowest BCUT2D eigenvalue weighted by Gasteiger charge is -2.30. The number of fused-ring (bicyclic) bond motifs is 2. The Bertz CT molecular complexity index is 930. The molecule has 2 aliphatic rings. The Kier molecular flexibility index (Phi) is 7.92. The van der Waals surface area contributed by atoms with Gasteiger partial charge in [0.15, 0.2) is 0 Å². The summed E-state index contributed by atoms with van der Waals surface area (Å²) < 4.78 is 0. The number of rotatable bonds is 8. The second-order valence-corrected chi connectivity index (χ2v) is 8.74. The molecule has 0 spiro atoms. The predicted octanol–water partition coefficient (Wildman–Crippen LogP) is 4.57. The van der Waals surface area contributed by atoms with Gasteiger partial charge in [0.1, 0.15) is 0 Å². The molecule has 2 N–H and O–H groups in total. The molecule has 32 heavy (non-hydrogen) atoms. The average Bonchev–Trinajstić information content (AvgIpc) is 3.00. The average molecular weight is 430 g/mol. The van der Waals surface area contributed by atoms with Gasteiger partial charge in [-0.2, -0.15) is 0 Å². The maximum Gasteiger partial charge on any atom is 0.221 e. The molecule has 1 fully saturated rings. The summed E-state index contributed by atoms with van der Waals surface area (Å²) in [6.45, 7) is 4.67. The van der Waals surface area contributed by atoms with Gasteiger partial charge in [-0.3, -0.25) is 4.79 Å². The van der Waals surface area contributed by atoms with Crippen molar-refractivity contribution in [3.05, 3.63) is 76.4 Å². The van der Waals surface area contributed by atoms with Crippen molar-refractivity contribution >= 4 is 23.6 Å². The van der Waals surface area contributed by atoms with Crippen LogP contribution in [0, 0.1) is 0 Å². The molecule has 0 bridgehead atoms. The number of carbonyl (C=O) groups excluding carboxylic acids is 1. The van der Waals surface area contributed by atoms with Crippen LogP contribution < -0.4 is 10.6 Å². The van der Waals surface area contributed by atoms with Crippen molar-refractivity contribution in [2.24, 2.45) is 0 Å². The van der Waals surface area contributed by atoms with Gasteiger partial charge in [0.05, 0.1) is 0 Å². The van der Waals surface area contributed by atoms with Crippen LogP contribution >= 0.6 is 0 Å². The van der Waals surface area contributed by atoms with Crippen molar-refractivity contribution in [3.63, 3.8) is 0 Å². The van der Waals surface area contributed by atoms with Crippen molar-refractivity contribution in [1.29, 1.82) is 0 Å². The summed E-state index contributed by atoms with van der Waals surface area (Å²) in [5.74, 6) is 0.177. The summed E-state index contributed by atoms with van der Waals surface area (Å²) in [7, 11) is 1.96. The molecule has 1 aliphatic heterocycles. The zero-order chi connectivity index (χ0) is 22.2. The predicted molar refractivity (Wildman–Crippen MR) is 134 cm³/mol. The maximum absolute atomic E-state index is 12.2. The van der Waals surface area contributed by atoms with Crippen LogP contribution in [0.15, 0.2) is 54.1 Å². The number of unbranched alkanes of at least 4 members (excludes halogenated alkanes) is 1. The summed E-state index contributed by atoms with van der Waals surface area (Å²) in [4.78, 5) is 14.6. The quantitative estimate of drug-likeness (QED) is 0.516. The number of hydrogen-bond donors (Lipinski definition) is 2. The van der Waals surface area contributed by atoms with Crippen LogP contribution in [0.4, 0.5) is 0 Å². The van der Waals surface area contributed by atoms with E-state index < -0.39 is 0 Å². The van der Waals surface area contributed by atoms with Gasteiger partial charge in [0.25, 0.3) is 0 Å². The minimum Gasteiger partial charge on any atom is -0.356 e. The number of carbonyl (C=O) groups is 1. The molecule has 0 atom stereocenters. The highest BCUT2D eigenvalue weighted by atomic mass is 16.1. The number of hydrogen-bond acceptors (Lipinski definition) is 3. The van der Waals surface area contributed by atoms with E-state index in [0.29, 0.717) is 6.42 Å². The van der Waals surface area contributed by atoms with Crippen LogP contribution in [-0.2, 0) is 4.79 Å². The van der Waals surface area contributed by atoms with E-state index in [1.165, 1.54) is 27.8 Å². The first-order valence-corrected chi connectivity index (χ1v) is 12.0. The van der Waals surface area contributed by atoms with Crippen LogP contribution in [0.1, 0.15) is 54.4 Å². The summed E-state index contributed by atoms with van der Waals surface area (Å²) >= 11 is 0. The molecule has 0 saturated carbocycles. The smallest absolute Gasteiger partial charge is 0.221 e. The summed E-state index contributed by atoms with van der Waals surface area (Å²) in [5.41, 5.74) is 8.23. The third-order valence-electron chi connectivity index (χ3n) is 6.55. The normalized spacial score (nSPS) is 15.8. The summed E-state index contributed by atoms with van der Waals surface area (Å²) in [6, 6.07) is 17.5. The van der Waals surface area contributed by atoms with Crippen molar-refractivity contribution in [3.8, 4) is 0 Å². The van der Waals surface area contributed by atoms with Crippen LogP contribution in [-0.4, -0.2) is 50.6 Å². The lowest BCUT2D eigenvalue weighted by atomic mass is 9.86. The molecule has 0 unspecified atom stereocenters. The first-order chi connectivity index (χ1) is 15.8. The highest BCUT2D eigenvalue weighted by molar-refractivity contribution is 5.94. The van der Waals surface area contributed by atoms with Gasteiger partial charge in [-0.05, 0) is 67.1 Å². The SMILES string of the molecule is CNCCCCNC(=O)CCN1CCC(=C2c3ccccc3C=Cc3ccccc32)CC1. The Morgan fingerprint density at radius 1 is 0.875 bits per heavy atom. The third-order valence-corrected chi connectivity index (χ3v) is 6.55. The van der Waals surface area contributed by atoms with E-state index >= 15 is 0 Å². The van der Waals surface area contributed by atoms with E-state index in [1.54, 1.807) is 5.57 Å².